The van der Waals surface area contributed by atoms with E-state index in [0.29, 0.717) is 20.1 Å². The van der Waals surface area contributed by atoms with E-state index in [1.54, 1.807) is 0 Å². The topological polar surface area (TPSA) is 0 Å². The van der Waals surface area contributed by atoms with Crippen molar-refractivity contribution in [2.24, 2.45) is 0 Å². The Balaban J connectivity index is 2.41. The lowest BCUT2D eigenvalue weighted by molar-refractivity contribution is 1.52. The smallest absolute Gasteiger partial charge is 0.0800 e. The summed E-state index contributed by atoms with van der Waals surface area (Å²) in [6.45, 7) is 0. The molecule has 0 saturated carbocycles. The minimum absolute atomic E-state index is 0.321. The van der Waals surface area contributed by atoms with Crippen molar-refractivity contribution in [2.45, 2.75) is 0 Å². The molecule has 0 amide bonds. The van der Waals surface area contributed by atoms with Gasteiger partial charge in [0.1, 0.15) is 0 Å². The lowest BCUT2D eigenvalue weighted by Crippen LogP contribution is -2.01. The zero-order valence-electron chi connectivity index (χ0n) is 7.82. The van der Waals surface area contributed by atoms with Gasteiger partial charge in [-0.25, -0.2) is 0 Å². The zero-order valence-corrected chi connectivity index (χ0v) is 10.8. The fourth-order valence-corrected chi connectivity index (χ4v) is 3.05. The molecule has 2 aromatic carbocycles. The molecule has 0 radical (unpaired) electrons. The molecule has 2 aromatic rings. The molecule has 1 aliphatic carbocycles. The molecule has 16 heavy (non-hydrogen) atoms. The van der Waals surface area contributed by atoms with Crippen LogP contribution >= 0.6 is 46.4 Å². The van der Waals surface area contributed by atoms with E-state index in [9.17, 15) is 0 Å². The van der Waals surface area contributed by atoms with Crippen LogP contribution in [0.3, 0.4) is 0 Å². The van der Waals surface area contributed by atoms with Crippen LogP contribution < -0.4 is 0 Å². The summed E-state index contributed by atoms with van der Waals surface area (Å²) in [4.78, 5) is 0. The van der Waals surface area contributed by atoms with Crippen molar-refractivity contribution < 1.29 is 0 Å². The van der Waals surface area contributed by atoms with Gasteiger partial charge in [0.05, 0.1) is 20.1 Å². The number of fused-ring (bicyclic) bond motifs is 4. The molecule has 0 heterocycles. The second kappa shape index (κ2) is 3.54. The minimum atomic E-state index is 0.321. The standard InChI is InChI=1S/C12H4Cl4/c13-9-7-5-3-1-2-4-6(5)8(7)10(14)12(16)11(9)15/h1-4H. The molecule has 0 N–H and O–H groups in total. The fourth-order valence-electron chi connectivity index (χ4n) is 1.99. The van der Waals surface area contributed by atoms with Crippen LogP contribution in [0, 0.1) is 0 Å². The van der Waals surface area contributed by atoms with Crippen LogP contribution in [0.5, 0.6) is 0 Å². The number of hydrogen-bond donors (Lipinski definition) is 0. The first-order valence-electron chi connectivity index (χ1n) is 4.58. The Labute approximate surface area is 113 Å². The minimum Gasteiger partial charge on any atom is -0.0819 e. The highest BCUT2D eigenvalue weighted by atomic mass is 35.5. The van der Waals surface area contributed by atoms with Gasteiger partial charge in [0.25, 0.3) is 0 Å². The van der Waals surface area contributed by atoms with Gasteiger partial charge in [-0.15, -0.1) is 0 Å². The normalized spacial score (nSPS) is 11.8. The van der Waals surface area contributed by atoms with Crippen molar-refractivity contribution in [3.63, 3.8) is 0 Å². The summed E-state index contributed by atoms with van der Waals surface area (Å²) in [6.07, 6.45) is 0. The highest BCUT2D eigenvalue weighted by molar-refractivity contribution is 6.55. The molecule has 0 atom stereocenters. The molecule has 0 saturated heterocycles. The van der Waals surface area contributed by atoms with Crippen LogP contribution in [0.2, 0.25) is 20.1 Å². The van der Waals surface area contributed by atoms with Gasteiger partial charge in [-0.2, -0.15) is 0 Å². The van der Waals surface area contributed by atoms with Crippen LogP contribution in [-0.2, 0) is 0 Å². The fraction of sp³-hybridized carbons (Fsp3) is 0. The van der Waals surface area contributed by atoms with Crippen molar-refractivity contribution in [3.8, 4) is 22.3 Å². The maximum absolute atomic E-state index is 6.16. The van der Waals surface area contributed by atoms with Gasteiger partial charge < -0.3 is 0 Å². The predicted octanol–water partition coefficient (Wildman–Crippen LogP) is 5.95. The van der Waals surface area contributed by atoms with E-state index in [0.717, 1.165) is 22.3 Å². The highest BCUT2D eigenvalue weighted by Gasteiger charge is 2.31. The first kappa shape index (κ1) is 10.7. The molecule has 0 spiro atoms. The van der Waals surface area contributed by atoms with Crippen molar-refractivity contribution in [2.75, 3.05) is 0 Å². The third kappa shape index (κ3) is 1.19. The van der Waals surface area contributed by atoms with E-state index in [1.165, 1.54) is 0 Å². The molecule has 0 unspecified atom stereocenters. The van der Waals surface area contributed by atoms with E-state index >= 15 is 0 Å². The number of benzene rings is 2. The van der Waals surface area contributed by atoms with Crippen LogP contribution in [-0.4, -0.2) is 0 Å². The summed E-state index contributed by atoms with van der Waals surface area (Å²) >= 11 is 24.4. The molecule has 0 aliphatic heterocycles. The van der Waals surface area contributed by atoms with Gasteiger partial charge in [-0.1, -0.05) is 70.7 Å². The highest BCUT2D eigenvalue weighted by Crippen LogP contribution is 2.58. The summed E-state index contributed by atoms with van der Waals surface area (Å²) < 4.78 is 0. The maximum atomic E-state index is 6.16. The second-order valence-electron chi connectivity index (χ2n) is 3.55. The molecule has 0 aromatic heterocycles. The Kier molecular flexibility index (Phi) is 2.38. The number of rotatable bonds is 0. The predicted molar refractivity (Wildman–Crippen MR) is 70.9 cm³/mol. The Morgan fingerprint density at radius 1 is 0.562 bits per heavy atom. The molecule has 0 fully saturated rings. The van der Waals surface area contributed by atoms with E-state index in [2.05, 4.69) is 0 Å². The number of halogens is 4. The molecular weight excluding hydrogens is 286 g/mol. The van der Waals surface area contributed by atoms with E-state index in [-0.39, 0.29) is 0 Å². The monoisotopic (exact) mass is 288 g/mol. The Bertz CT molecular complexity index is 563. The largest absolute Gasteiger partial charge is 0.0819 e. The molecule has 1 aliphatic rings. The summed E-state index contributed by atoms with van der Waals surface area (Å²) in [5.74, 6) is 0. The maximum Gasteiger partial charge on any atom is 0.0800 e. The van der Waals surface area contributed by atoms with Gasteiger partial charge in [0.15, 0.2) is 0 Å². The first-order chi connectivity index (χ1) is 7.63. The third-order valence-electron chi connectivity index (χ3n) is 2.73. The summed E-state index contributed by atoms with van der Waals surface area (Å²) in [7, 11) is 0. The van der Waals surface area contributed by atoms with Gasteiger partial charge in [-0.05, 0) is 11.1 Å². The molecule has 3 rings (SSSR count). The Morgan fingerprint density at radius 2 is 0.938 bits per heavy atom. The SMILES string of the molecule is Clc1c(Cl)c(Cl)c2c(c1Cl)-c1ccccc1-2. The first-order valence-corrected chi connectivity index (χ1v) is 6.10. The van der Waals surface area contributed by atoms with Gasteiger partial charge in [0, 0.05) is 11.1 Å². The zero-order chi connectivity index (χ0) is 11.4. The Hall–Kier alpha value is -0.400. The summed E-state index contributed by atoms with van der Waals surface area (Å²) in [5, 5.41) is 1.60. The van der Waals surface area contributed by atoms with Gasteiger partial charge in [0.2, 0.25) is 0 Å². The molecule has 4 heteroatoms. The van der Waals surface area contributed by atoms with Crippen molar-refractivity contribution in [1.82, 2.24) is 0 Å². The summed E-state index contributed by atoms with van der Waals surface area (Å²) in [5.41, 5.74) is 3.94. The van der Waals surface area contributed by atoms with Crippen molar-refractivity contribution in [3.05, 3.63) is 44.4 Å². The summed E-state index contributed by atoms with van der Waals surface area (Å²) in [6, 6.07) is 7.89. The van der Waals surface area contributed by atoms with E-state index in [4.69, 9.17) is 46.4 Å². The van der Waals surface area contributed by atoms with Crippen LogP contribution in [0.25, 0.3) is 22.3 Å². The van der Waals surface area contributed by atoms with Crippen LogP contribution in [0.1, 0.15) is 0 Å². The van der Waals surface area contributed by atoms with Crippen molar-refractivity contribution >= 4 is 46.4 Å². The second-order valence-corrected chi connectivity index (χ2v) is 5.06. The lowest BCUT2D eigenvalue weighted by atomic mass is 9.80. The van der Waals surface area contributed by atoms with Crippen LogP contribution in [0.4, 0.5) is 0 Å². The molecular formula is C12H4Cl4. The lowest BCUT2D eigenvalue weighted by Gasteiger charge is -2.27. The third-order valence-corrected chi connectivity index (χ3v) is 4.53. The number of hydrogen-bond acceptors (Lipinski definition) is 0. The van der Waals surface area contributed by atoms with E-state index in [1.807, 2.05) is 24.3 Å². The van der Waals surface area contributed by atoms with Gasteiger partial charge >= 0.3 is 0 Å². The quantitative estimate of drug-likeness (QED) is 0.354. The molecule has 0 bridgehead atoms. The average molecular weight is 290 g/mol. The average Bonchev–Trinajstić information content (AvgIpc) is 2.27. The molecule has 0 nitrogen and oxygen atoms in total. The molecule has 80 valence electrons. The Morgan fingerprint density at radius 3 is 1.31 bits per heavy atom. The van der Waals surface area contributed by atoms with Crippen LogP contribution in [0.15, 0.2) is 24.3 Å². The van der Waals surface area contributed by atoms with E-state index < -0.39 is 0 Å². The van der Waals surface area contributed by atoms with Crippen molar-refractivity contribution in [1.29, 1.82) is 0 Å². The van der Waals surface area contributed by atoms with Gasteiger partial charge in [-0.3, -0.25) is 0 Å².